The van der Waals surface area contributed by atoms with E-state index in [1.807, 2.05) is 45.0 Å². The molecule has 202 valence electrons. The SMILES string of the molecule is Cc1ccccc1CN(C(=O)CN(c1cccc(Br)c1)S(=O)(=O)c1ccccc1)[C@H](C)C(=O)NCC(C)C. The fraction of sp³-hybridized carbons (Fsp3) is 0.310. The second-order valence-corrected chi connectivity index (χ2v) is 12.3. The minimum absolute atomic E-state index is 0.0703. The lowest BCUT2D eigenvalue weighted by atomic mass is 10.1. The Morgan fingerprint density at radius 2 is 1.58 bits per heavy atom. The van der Waals surface area contributed by atoms with Gasteiger partial charge in [0.15, 0.2) is 0 Å². The number of aryl methyl sites for hydroxylation is 1. The van der Waals surface area contributed by atoms with Crippen LogP contribution in [0.3, 0.4) is 0 Å². The number of nitrogens with one attached hydrogen (secondary N) is 1. The molecule has 0 bridgehead atoms. The molecule has 0 aliphatic carbocycles. The van der Waals surface area contributed by atoms with Gasteiger partial charge >= 0.3 is 0 Å². The Morgan fingerprint density at radius 1 is 0.921 bits per heavy atom. The maximum absolute atomic E-state index is 13.9. The third-order valence-corrected chi connectivity index (χ3v) is 8.44. The quantitative estimate of drug-likeness (QED) is 0.330. The number of hydrogen-bond acceptors (Lipinski definition) is 4. The molecule has 3 rings (SSSR count). The van der Waals surface area contributed by atoms with Crippen LogP contribution < -0.4 is 9.62 Å². The normalized spacial score (nSPS) is 12.2. The molecular formula is C29H34BrN3O4S. The van der Waals surface area contributed by atoms with Crippen LogP contribution in [0.2, 0.25) is 0 Å². The number of nitrogens with zero attached hydrogens (tertiary/aromatic N) is 2. The lowest BCUT2D eigenvalue weighted by Gasteiger charge is -2.32. The molecule has 1 N–H and O–H groups in total. The number of halogens is 1. The molecule has 9 heteroatoms. The van der Waals surface area contributed by atoms with E-state index < -0.39 is 28.5 Å². The molecule has 0 heterocycles. The third-order valence-electron chi connectivity index (χ3n) is 6.16. The average Bonchev–Trinajstić information content (AvgIpc) is 2.89. The van der Waals surface area contributed by atoms with E-state index in [2.05, 4.69) is 21.2 Å². The maximum Gasteiger partial charge on any atom is 0.264 e. The molecule has 38 heavy (non-hydrogen) atoms. The van der Waals surface area contributed by atoms with Crippen LogP contribution in [0.1, 0.15) is 31.9 Å². The molecule has 0 fully saturated rings. The largest absolute Gasteiger partial charge is 0.354 e. The molecule has 0 radical (unpaired) electrons. The summed E-state index contributed by atoms with van der Waals surface area (Å²) in [6.07, 6.45) is 0. The van der Waals surface area contributed by atoms with Crippen LogP contribution in [0.5, 0.6) is 0 Å². The van der Waals surface area contributed by atoms with E-state index >= 15 is 0 Å². The minimum atomic E-state index is -4.08. The molecule has 1 atom stereocenters. The third kappa shape index (κ3) is 7.45. The van der Waals surface area contributed by atoms with E-state index in [4.69, 9.17) is 0 Å². The summed E-state index contributed by atoms with van der Waals surface area (Å²) in [5.41, 5.74) is 2.19. The molecular weight excluding hydrogens is 566 g/mol. The van der Waals surface area contributed by atoms with Gasteiger partial charge < -0.3 is 10.2 Å². The monoisotopic (exact) mass is 599 g/mol. The molecule has 0 aliphatic heterocycles. The number of amides is 2. The zero-order chi connectivity index (χ0) is 27.9. The summed E-state index contributed by atoms with van der Waals surface area (Å²) < 4.78 is 29.3. The van der Waals surface area contributed by atoms with Crippen molar-refractivity contribution < 1.29 is 18.0 Å². The van der Waals surface area contributed by atoms with Gasteiger partial charge in [-0.15, -0.1) is 0 Å². The van der Waals surface area contributed by atoms with E-state index in [0.717, 1.165) is 15.4 Å². The maximum atomic E-state index is 13.9. The number of hydrogen-bond donors (Lipinski definition) is 1. The predicted octanol–water partition coefficient (Wildman–Crippen LogP) is 5.14. The second kappa shape index (κ2) is 13.1. The van der Waals surface area contributed by atoms with E-state index in [-0.39, 0.29) is 23.3 Å². The smallest absolute Gasteiger partial charge is 0.264 e. The summed E-state index contributed by atoms with van der Waals surface area (Å²) in [6, 6.07) is 21.6. The molecule has 0 spiro atoms. The van der Waals surface area contributed by atoms with E-state index in [0.29, 0.717) is 16.7 Å². The minimum Gasteiger partial charge on any atom is -0.354 e. The molecule has 0 aliphatic rings. The highest BCUT2D eigenvalue weighted by Gasteiger charge is 2.32. The summed E-state index contributed by atoms with van der Waals surface area (Å²) in [5.74, 6) is -0.532. The van der Waals surface area contributed by atoms with Gasteiger partial charge in [0.05, 0.1) is 10.6 Å². The van der Waals surface area contributed by atoms with Crippen molar-refractivity contribution in [3.63, 3.8) is 0 Å². The first kappa shape index (κ1) is 29.4. The predicted molar refractivity (Wildman–Crippen MR) is 154 cm³/mol. The van der Waals surface area contributed by atoms with Crippen molar-refractivity contribution in [2.24, 2.45) is 5.92 Å². The van der Waals surface area contributed by atoms with Crippen molar-refractivity contribution in [1.29, 1.82) is 0 Å². The van der Waals surface area contributed by atoms with E-state index in [1.54, 1.807) is 49.4 Å². The number of carbonyl (C=O) groups is 2. The molecule has 0 saturated heterocycles. The van der Waals surface area contributed by atoms with Gasteiger partial charge in [-0.25, -0.2) is 8.42 Å². The van der Waals surface area contributed by atoms with Gasteiger partial charge in [-0.1, -0.05) is 78.3 Å². The highest BCUT2D eigenvalue weighted by atomic mass is 79.9. The van der Waals surface area contributed by atoms with Crippen LogP contribution in [0.4, 0.5) is 5.69 Å². The number of sulfonamides is 1. The van der Waals surface area contributed by atoms with Crippen molar-refractivity contribution in [3.8, 4) is 0 Å². The van der Waals surface area contributed by atoms with Crippen LogP contribution in [-0.2, 0) is 26.2 Å². The van der Waals surface area contributed by atoms with Gasteiger partial charge in [-0.3, -0.25) is 13.9 Å². The Morgan fingerprint density at radius 3 is 2.21 bits per heavy atom. The average molecular weight is 601 g/mol. The van der Waals surface area contributed by atoms with Gasteiger partial charge in [0.1, 0.15) is 12.6 Å². The molecule has 3 aromatic carbocycles. The number of carbonyl (C=O) groups excluding carboxylic acids is 2. The summed E-state index contributed by atoms with van der Waals surface area (Å²) in [5, 5.41) is 2.90. The first-order chi connectivity index (χ1) is 18.0. The van der Waals surface area contributed by atoms with Gasteiger partial charge in [0.2, 0.25) is 11.8 Å². The second-order valence-electron chi connectivity index (χ2n) is 9.57. The zero-order valence-electron chi connectivity index (χ0n) is 22.1. The number of benzene rings is 3. The Bertz CT molecular complexity index is 1360. The van der Waals surface area contributed by atoms with Crippen LogP contribution in [0.15, 0.2) is 88.2 Å². The molecule has 2 amide bonds. The van der Waals surface area contributed by atoms with E-state index in [1.165, 1.54) is 17.0 Å². The molecule has 0 aromatic heterocycles. The Balaban J connectivity index is 2.01. The summed E-state index contributed by atoms with van der Waals surface area (Å²) in [7, 11) is -4.08. The highest BCUT2D eigenvalue weighted by Crippen LogP contribution is 2.27. The van der Waals surface area contributed by atoms with Crippen molar-refractivity contribution >= 4 is 43.5 Å². The standard InChI is InChI=1S/C29H34BrN3O4S/c1-21(2)18-31-29(35)23(4)32(19-24-12-9-8-11-22(24)3)28(34)20-33(26-14-10-13-25(30)17-26)38(36,37)27-15-6-5-7-16-27/h5-17,21,23H,18-20H2,1-4H3,(H,31,35)/t23-/m1/s1. The van der Waals surface area contributed by atoms with Gasteiger partial charge in [0, 0.05) is 17.6 Å². The number of rotatable bonds is 11. The number of anilines is 1. The Hall–Kier alpha value is -3.17. The van der Waals surface area contributed by atoms with Crippen LogP contribution in [-0.4, -0.2) is 44.3 Å². The zero-order valence-corrected chi connectivity index (χ0v) is 24.5. The van der Waals surface area contributed by atoms with Crippen LogP contribution in [0.25, 0.3) is 0 Å². The first-order valence-electron chi connectivity index (χ1n) is 12.5. The van der Waals surface area contributed by atoms with Gasteiger partial charge in [-0.05, 0) is 61.2 Å². The van der Waals surface area contributed by atoms with Crippen molar-refractivity contribution in [2.75, 3.05) is 17.4 Å². The van der Waals surface area contributed by atoms with Crippen LogP contribution >= 0.6 is 15.9 Å². The molecule has 0 saturated carbocycles. The first-order valence-corrected chi connectivity index (χ1v) is 14.7. The fourth-order valence-corrected chi connectivity index (χ4v) is 5.70. The summed E-state index contributed by atoms with van der Waals surface area (Å²) >= 11 is 3.40. The lowest BCUT2D eigenvalue weighted by molar-refractivity contribution is -0.139. The Labute approximate surface area is 234 Å². The van der Waals surface area contributed by atoms with Crippen LogP contribution in [0, 0.1) is 12.8 Å². The Kier molecular flexibility index (Phi) is 10.1. The fourth-order valence-electron chi connectivity index (χ4n) is 3.89. The molecule has 3 aromatic rings. The molecule has 7 nitrogen and oxygen atoms in total. The summed E-state index contributed by atoms with van der Waals surface area (Å²) in [4.78, 5) is 28.5. The van der Waals surface area contributed by atoms with Gasteiger partial charge in [-0.2, -0.15) is 0 Å². The van der Waals surface area contributed by atoms with E-state index in [9.17, 15) is 18.0 Å². The summed E-state index contributed by atoms with van der Waals surface area (Å²) in [6.45, 7) is 7.76. The lowest BCUT2D eigenvalue weighted by Crippen LogP contribution is -2.51. The van der Waals surface area contributed by atoms with Gasteiger partial charge in [0.25, 0.3) is 10.0 Å². The topological polar surface area (TPSA) is 86.8 Å². The van der Waals surface area contributed by atoms with Crippen molar-refractivity contribution in [3.05, 3.63) is 94.5 Å². The molecule has 0 unspecified atom stereocenters. The van der Waals surface area contributed by atoms with Crippen molar-refractivity contribution in [1.82, 2.24) is 10.2 Å². The van der Waals surface area contributed by atoms with Crippen molar-refractivity contribution in [2.45, 2.75) is 45.2 Å². The highest BCUT2D eigenvalue weighted by molar-refractivity contribution is 9.10.